The second-order valence-corrected chi connectivity index (χ2v) is 7.06. The van der Waals surface area contributed by atoms with Crippen LogP contribution in [0.5, 0.6) is 0 Å². The van der Waals surface area contributed by atoms with Gasteiger partial charge in [-0.25, -0.2) is 0 Å². The van der Waals surface area contributed by atoms with Crippen LogP contribution in [0, 0.1) is 16.0 Å². The Balaban J connectivity index is 1.40. The van der Waals surface area contributed by atoms with Gasteiger partial charge in [0.05, 0.1) is 4.92 Å². The molecule has 4 rings (SSSR count). The first kappa shape index (κ1) is 16.6. The van der Waals surface area contributed by atoms with Crippen molar-refractivity contribution in [2.75, 3.05) is 13.1 Å². The first-order valence-electron chi connectivity index (χ1n) is 8.88. The molecule has 2 heterocycles. The lowest BCUT2D eigenvalue weighted by molar-refractivity contribution is -0.384. The fraction of sp³-hybridized carbons (Fsp3) is 0.444. The molecule has 8 nitrogen and oxygen atoms in total. The number of aromatic amines is 1. The van der Waals surface area contributed by atoms with Gasteiger partial charge in [0.15, 0.2) is 0 Å². The molecule has 26 heavy (non-hydrogen) atoms. The number of aromatic nitrogens is 1. The predicted molar refractivity (Wildman–Crippen MR) is 94.7 cm³/mol. The standard InChI is InChI=1S/C18H20N4O4/c23-17(11-1-2-11)19-13-5-7-21(8-6-13)18(24)16-10-12-9-14(22(25)26)3-4-15(12)20-16/h3-4,9-11,13,20H,1-2,5-8H2,(H,19,23). The highest BCUT2D eigenvalue weighted by molar-refractivity contribution is 5.98. The van der Waals surface area contributed by atoms with E-state index in [-0.39, 0.29) is 29.5 Å². The molecular weight excluding hydrogens is 336 g/mol. The lowest BCUT2D eigenvalue weighted by atomic mass is 10.0. The summed E-state index contributed by atoms with van der Waals surface area (Å²) in [6.45, 7) is 1.17. The number of hydrogen-bond donors (Lipinski definition) is 2. The Hall–Kier alpha value is -2.90. The highest BCUT2D eigenvalue weighted by Gasteiger charge is 2.32. The summed E-state index contributed by atoms with van der Waals surface area (Å²) in [5, 5.41) is 14.6. The van der Waals surface area contributed by atoms with Crippen molar-refractivity contribution < 1.29 is 14.5 Å². The quantitative estimate of drug-likeness (QED) is 0.646. The Morgan fingerprint density at radius 2 is 1.88 bits per heavy atom. The van der Waals surface area contributed by atoms with Crippen LogP contribution in [0.4, 0.5) is 5.69 Å². The normalized spacial score (nSPS) is 18.1. The Kier molecular flexibility index (Phi) is 4.10. The molecule has 8 heteroatoms. The van der Waals surface area contributed by atoms with Crippen LogP contribution in [-0.2, 0) is 4.79 Å². The molecule has 0 atom stereocenters. The van der Waals surface area contributed by atoms with Crippen molar-refractivity contribution in [2.45, 2.75) is 31.7 Å². The van der Waals surface area contributed by atoms with Gasteiger partial charge in [0.2, 0.25) is 5.91 Å². The van der Waals surface area contributed by atoms with E-state index in [4.69, 9.17) is 0 Å². The number of piperidine rings is 1. The van der Waals surface area contributed by atoms with Gasteiger partial charge in [-0.2, -0.15) is 0 Å². The van der Waals surface area contributed by atoms with Crippen molar-refractivity contribution in [2.24, 2.45) is 5.92 Å². The molecule has 136 valence electrons. The topological polar surface area (TPSA) is 108 Å². The van der Waals surface area contributed by atoms with Gasteiger partial charge in [-0.3, -0.25) is 19.7 Å². The first-order valence-corrected chi connectivity index (χ1v) is 8.88. The van der Waals surface area contributed by atoms with E-state index in [1.807, 2.05) is 0 Å². The average molecular weight is 356 g/mol. The molecule has 1 aliphatic heterocycles. The lowest BCUT2D eigenvalue weighted by Crippen LogP contribution is -2.47. The molecule has 2 aliphatic rings. The van der Waals surface area contributed by atoms with E-state index < -0.39 is 4.92 Å². The maximum Gasteiger partial charge on any atom is 0.270 e. The molecular formula is C18H20N4O4. The van der Waals surface area contributed by atoms with Gasteiger partial charge in [0, 0.05) is 48.1 Å². The van der Waals surface area contributed by atoms with E-state index in [1.165, 1.54) is 12.1 Å². The molecule has 1 saturated heterocycles. The third kappa shape index (κ3) is 3.26. The number of non-ortho nitro benzene ring substituents is 1. The summed E-state index contributed by atoms with van der Waals surface area (Å²) in [7, 11) is 0. The Bertz CT molecular complexity index is 878. The number of nitro benzene ring substituents is 1. The second kappa shape index (κ2) is 6.44. The number of amides is 2. The highest BCUT2D eigenvalue weighted by Crippen LogP contribution is 2.29. The molecule has 2 aromatic rings. The molecule has 1 aliphatic carbocycles. The monoisotopic (exact) mass is 356 g/mol. The summed E-state index contributed by atoms with van der Waals surface area (Å²) < 4.78 is 0. The molecule has 2 fully saturated rings. The van der Waals surface area contributed by atoms with Crippen LogP contribution in [-0.4, -0.2) is 45.8 Å². The molecule has 2 amide bonds. The number of nitro groups is 1. The summed E-state index contributed by atoms with van der Waals surface area (Å²) in [5.41, 5.74) is 1.13. The SMILES string of the molecule is O=C(NC1CCN(C(=O)c2cc3cc([N+](=O)[O-])ccc3[nH]2)CC1)C1CC1. The smallest absolute Gasteiger partial charge is 0.270 e. The largest absolute Gasteiger partial charge is 0.353 e. The van der Waals surface area contributed by atoms with E-state index in [9.17, 15) is 19.7 Å². The van der Waals surface area contributed by atoms with Crippen molar-refractivity contribution in [3.05, 3.63) is 40.1 Å². The summed E-state index contributed by atoms with van der Waals surface area (Å²) in [6.07, 6.45) is 3.47. The number of benzene rings is 1. The fourth-order valence-corrected chi connectivity index (χ4v) is 3.41. The Morgan fingerprint density at radius 1 is 1.15 bits per heavy atom. The van der Waals surface area contributed by atoms with Gasteiger partial charge in [-0.05, 0) is 37.8 Å². The molecule has 1 saturated carbocycles. The number of fused-ring (bicyclic) bond motifs is 1. The third-order valence-electron chi connectivity index (χ3n) is 5.12. The second-order valence-electron chi connectivity index (χ2n) is 7.06. The van der Waals surface area contributed by atoms with Gasteiger partial charge in [-0.1, -0.05) is 0 Å². The lowest BCUT2D eigenvalue weighted by Gasteiger charge is -2.32. The first-order chi connectivity index (χ1) is 12.5. The summed E-state index contributed by atoms with van der Waals surface area (Å²) in [5.74, 6) is 0.230. The van der Waals surface area contributed by atoms with Crippen molar-refractivity contribution in [3.8, 4) is 0 Å². The molecule has 2 N–H and O–H groups in total. The molecule has 0 spiro atoms. The Labute approximate surface area is 149 Å². The van der Waals surface area contributed by atoms with E-state index >= 15 is 0 Å². The zero-order valence-corrected chi connectivity index (χ0v) is 14.2. The highest BCUT2D eigenvalue weighted by atomic mass is 16.6. The van der Waals surface area contributed by atoms with Crippen LogP contribution in [0.3, 0.4) is 0 Å². The number of H-pyrrole nitrogens is 1. The van der Waals surface area contributed by atoms with E-state index in [2.05, 4.69) is 10.3 Å². The summed E-state index contributed by atoms with van der Waals surface area (Å²) in [4.78, 5) is 39.8. The maximum atomic E-state index is 12.7. The third-order valence-corrected chi connectivity index (χ3v) is 5.12. The maximum absolute atomic E-state index is 12.7. The van der Waals surface area contributed by atoms with Crippen molar-refractivity contribution in [1.82, 2.24) is 15.2 Å². The van der Waals surface area contributed by atoms with Crippen molar-refractivity contribution in [1.29, 1.82) is 0 Å². The number of hydrogen-bond acceptors (Lipinski definition) is 4. The van der Waals surface area contributed by atoms with Crippen LogP contribution >= 0.6 is 0 Å². The van der Waals surface area contributed by atoms with Crippen LogP contribution in [0.2, 0.25) is 0 Å². The van der Waals surface area contributed by atoms with Crippen molar-refractivity contribution >= 4 is 28.4 Å². The number of likely N-dealkylation sites (tertiary alicyclic amines) is 1. The van der Waals surface area contributed by atoms with Gasteiger partial charge >= 0.3 is 0 Å². The number of rotatable bonds is 4. The minimum absolute atomic E-state index is 0.00252. The fourth-order valence-electron chi connectivity index (χ4n) is 3.41. The molecule has 0 unspecified atom stereocenters. The Morgan fingerprint density at radius 3 is 2.54 bits per heavy atom. The predicted octanol–water partition coefficient (Wildman–Crippen LogP) is 2.21. The summed E-state index contributed by atoms with van der Waals surface area (Å²) >= 11 is 0. The van der Waals surface area contributed by atoms with Crippen LogP contribution < -0.4 is 5.32 Å². The number of carbonyl (C=O) groups excluding carboxylic acids is 2. The number of carbonyl (C=O) groups is 2. The minimum atomic E-state index is -0.450. The van der Waals surface area contributed by atoms with Gasteiger partial charge in [0.25, 0.3) is 11.6 Å². The van der Waals surface area contributed by atoms with Gasteiger partial charge in [0.1, 0.15) is 5.69 Å². The molecule has 0 bridgehead atoms. The molecule has 1 aromatic heterocycles. The number of nitrogens with zero attached hydrogens (tertiary/aromatic N) is 2. The molecule has 1 aromatic carbocycles. The number of nitrogens with one attached hydrogen (secondary N) is 2. The zero-order chi connectivity index (χ0) is 18.3. The van der Waals surface area contributed by atoms with Gasteiger partial charge < -0.3 is 15.2 Å². The van der Waals surface area contributed by atoms with Crippen LogP contribution in [0.1, 0.15) is 36.2 Å². The van der Waals surface area contributed by atoms with E-state index in [0.717, 1.165) is 25.7 Å². The zero-order valence-electron chi connectivity index (χ0n) is 14.2. The van der Waals surface area contributed by atoms with E-state index in [1.54, 1.807) is 17.0 Å². The van der Waals surface area contributed by atoms with E-state index in [0.29, 0.717) is 29.7 Å². The van der Waals surface area contributed by atoms with Crippen LogP contribution in [0.15, 0.2) is 24.3 Å². The summed E-state index contributed by atoms with van der Waals surface area (Å²) in [6, 6.07) is 6.29. The van der Waals surface area contributed by atoms with Gasteiger partial charge in [-0.15, -0.1) is 0 Å². The molecule has 0 radical (unpaired) electrons. The minimum Gasteiger partial charge on any atom is -0.353 e. The average Bonchev–Trinajstić information content (AvgIpc) is 3.40. The van der Waals surface area contributed by atoms with Crippen LogP contribution in [0.25, 0.3) is 10.9 Å². The van der Waals surface area contributed by atoms with Crippen molar-refractivity contribution in [3.63, 3.8) is 0 Å².